The molecule has 0 unspecified atom stereocenters. The molecule has 0 aliphatic heterocycles. The van der Waals surface area contributed by atoms with Crippen LogP contribution >= 0.6 is 31.3 Å². The van der Waals surface area contributed by atoms with Crippen molar-refractivity contribution >= 4 is 31.3 Å². The minimum atomic E-state index is -5.14. The molecule has 128 valence electrons. The molecule has 0 rings (SSSR count). The summed E-state index contributed by atoms with van der Waals surface area (Å²) in [7, 11) is -20.6. The van der Waals surface area contributed by atoms with Crippen molar-refractivity contribution in [3.05, 3.63) is 0 Å². The molecule has 0 aliphatic carbocycles. The van der Waals surface area contributed by atoms with Gasteiger partial charge in [0.1, 0.15) is 0 Å². The number of phosphoric acid groups is 4. The van der Waals surface area contributed by atoms with E-state index in [1.165, 1.54) is 0 Å². The minimum absolute atomic E-state index is 0. The molecule has 0 aromatic rings. The maximum atomic E-state index is 8.66. The van der Waals surface area contributed by atoms with Gasteiger partial charge in [0, 0.05) is 0 Å². The van der Waals surface area contributed by atoms with Gasteiger partial charge in [0.2, 0.25) is 0 Å². The molecule has 0 saturated heterocycles. The smallest absolute Gasteiger partial charge is 0.790 e. The van der Waals surface area contributed by atoms with Gasteiger partial charge in [-0.1, -0.05) is 0 Å². The summed E-state index contributed by atoms with van der Waals surface area (Å²) in [5.41, 5.74) is 0. The predicted octanol–water partition coefficient (Wildman–Crippen LogP) is -8.78. The Morgan fingerprint density at radius 2 is 0.409 bits per heavy atom. The van der Waals surface area contributed by atoms with Crippen LogP contribution in [0.4, 0.5) is 0 Å². The van der Waals surface area contributed by atoms with Gasteiger partial charge >= 0.3 is 52.4 Å². The number of rotatable bonds is 0. The van der Waals surface area contributed by atoms with E-state index in [1.54, 1.807) is 0 Å². The van der Waals surface area contributed by atoms with Gasteiger partial charge < -0.3 is 77.0 Å². The Morgan fingerprint density at radius 3 is 0.409 bits per heavy atom. The largest absolute Gasteiger partial charge is 4.00 e. The van der Waals surface area contributed by atoms with Crippen LogP contribution in [0.1, 0.15) is 0 Å². The first-order chi connectivity index (χ1) is 8.00. The summed E-state index contributed by atoms with van der Waals surface area (Å²) in [6.07, 6.45) is 0. The van der Waals surface area contributed by atoms with Crippen molar-refractivity contribution in [1.29, 1.82) is 0 Å². The number of hydrogen-bond acceptors (Lipinski definition) is 12. The summed E-state index contributed by atoms with van der Waals surface area (Å²) >= 11 is 0. The van der Waals surface area contributed by atoms with Gasteiger partial charge in [0.15, 0.2) is 0 Å². The molecule has 0 spiro atoms. The molecular formula is H4O16P4Zr2. The van der Waals surface area contributed by atoms with Gasteiger partial charge in [-0.05, 0) is 0 Å². The average molecular weight is 566 g/mol. The van der Waals surface area contributed by atoms with Gasteiger partial charge in [-0.25, -0.2) is 0 Å². The second-order valence-electron chi connectivity index (χ2n) is 1.87. The van der Waals surface area contributed by atoms with E-state index in [0.717, 1.165) is 0 Å². The van der Waals surface area contributed by atoms with Gasteiger partial charge in [-0.2, -0.15) is 0 Å². The number of hydrogen-bond donors (Lipinski definition) is 4. The monoisotopic (exact) mass is 564 g/mol. The van der Waals surface area contributed by atoms with Crippen LogP contribution in [0.25, 0.3) is 0 Å². The normalized spacial score (nSPS) is 10.7. The van der Waals surface area contributed by atoms with Crippen LogP contribution < -0.4 is 39.1 Å². The zero-order valence-corrected chi connectivity index (χ0v) is 18.0. The Morgan fingerprint density at radius 1 is 0.409 bits per heavy atom. The second kappa shape index (κ2) is 16.7. The van der Waals surface area contributed by atoms with Gasteiger partial charge in [-0.3, -0.25) is 0 Å². The fourth-order valence-electron chi connectivity index (χ4n) is 0. The zero-order valence-electron chi connectivity index (χ0n) is 9.48. The fourth-order valence-corrected chi connectivity index (χ4v) is 0. The minimum Gasteiger partial charge on any atom is -0.790 e. The van der Waals surface area contributed by atoms with Crippen molar-refractivity contribution in [2.75, 3.05) is 0 Å². The van der Waals surface area contributed by atoms with Crippen LogP contribution in [0, 0.1) is 0 Å². The molecule has 0 bridgehead atoms. The van der Waals surface area contributed by atoms with Gasteiger partial charge in [0.25, 0.3) is 0 Å². The van der Waals surface area contributed by atoms with E-state index in [4.69, 9.17) is 77.0 Å². The van der Waals surface area contributed by atoms with Crippen LogP contribution in [0.3, 0.4) is 0 Å². The van der Waals surface area contributed by atoms with Gasteiger partial charge in [0.05, 0.1) is 31.3 Å². The molecule has 4 N–H and O–H groups in total. The summed E-state index contributed by atoms with van der Waals surface area (Å²) in [6, 6.07) is 0. The first-order valence-electron chi connectivity index (χ1n) is 2.99. The van der Waals surface area contributed by atoms with E-state index < -0.39 is 31.3 Å². The van der Waals surface area contributed by atoms with Crippen molar-refractivity contribution in [3.63, 3.8) is 0 Å². The first kappa shape index (κ1) is 39.3. The standard InChI is InChI=1S/4H3O4P.2Zr/c4*1-5(2,3)4;;/h4*(H3,1,2,3,4);;/q;;;;2*+4/p-8. The SMILES string of the molecule is O=P([O-])([O-])O.O=P([O-])([O-])O.O=P([O-])([O-])O.O=P([O-])([O-])O.[Zr+4].[Zr+4]. The van der Waals surface area contributed by atoms with Crippen LogP contribution in [0.15, 0.2) is 0 Å². The summed E-state index contributed by atoms with van der Waals surface area (Å²) in [5, 5.41) is 0. The van der Waals surface area contributed by atoms with E-state index in [1.807, 2.05) is 0 Å². The molecule has 0 atom stereocenters. The van der Waals surface area contributed by atoms with Crippen LogP contribution in [-0.2, 0) is 70.7 Å². The molecule has 0 heterocycles. The molecule has 22 heteroatoms. The summed E-state index contributed by atoms with van der Waals surface area (Å²) in [5.74, 6) is 0. The van der Waals surface area contributed by atoms with E-state index in [-0.39, 0.29) is 52.4 Å². The topological polar surface area (TPSA) is 334 Å². The Hall–Kier alpha value is 2.21. The van der Waals surface area contributed by atoms with E-state index in [0.29, 0.717) is 0 Å². The fraction of sp³-hybridized carbons (Fsp3) is 0. The second-order valence-corrected chi connectivity index (χ2v) is 5.62. The van der Waals surface area contributed by atoms with E-state index in [2.05, 4.69) is 0 Å². The Labute approximate surface area is 160 Å². The quantitative estimate of drug-likeness (QED) is 0.198. The van der Waals surface area contributed by atoms with Gasteiger partial charge in [-0.15, -0.1) is 0 Å². The molecule has 0 fully saturated rings. The van der Waals surface area contributed by atoms with Crippen molar-refractivity contribution in [2.24, 2.45) is 0 Å². The van der Waals surface area contributed by atoms with Crippen LogP contribution in [0.2, 0.25) is 0 Å². The van der Waals surface area contributed by atoms with Crippen molar-refractivity contribution in [3.8, 4) is 0 Å². The summed E-state index contributed by atoms with van der Waals surface area (Å²) < 4.78 is 34.6. The maximum absolute atomic E-state index is 8.66. The molecule has 0 aromatic carbocycles. The summed E-state index contributed by atoms with van der Waals surface area (Å²) in [6.45, 7) is 0. The average Bonchev–Trinajstić information content (AvgIpc) is 1.62. The Bertz CT molecular complexity index is 289. The molecular weight excluding hydrogens is 562 g/mol. The third-order valence-corrected chi connectivity index (χ3v) is 0. The van der Waals surface area contributed by atoms with Crippen LogP contribution in [-0.4, -0.2) is 19.6 Å². The third kappa shape index (κ3) is 2050. The van der Waals surface area contributed by atoms with E-state index >= 15 is 0 Å². The Balaban J connectivity index is -0.0000000376. The third-order valence-electron chi connectivity index (χ3n) is 0. The van der Waals surface area contributed by atoms with Crippen molar-refractivity contribution in [2.45, 2.75) is 0 Å². The van der Waals surface area contributed by atoms with E-state index in [9.17, 15) is 0 Å². The molecule has 0 aliphatic rings. The molecule has 16 nitrogen and oxygen atoms in total. The van der Waals surface area contributed by atoms with Crippen molar-refractivity contribution in [1.82, 2.24) is 0 Å². The molecule has 22 heavy (non-hydrogen) atoms. The summed E-state index contributed by atoms with van der Waals surface area (Å²) in [4.78, 5) is 97.1. The molecule has 0 saturated carbocycles. The first-order valence-corrected chi connectivity index (χ1v) is 8.97. The van der Waals surface area contributed by atoms with Crippen molar-refractivity contribution < 1.29 is 129 Å². The molecule has 0 radical (unpaired) electrons. The molecule has 0 amide bonds. The molecule has 0 aromatic heterocycles. The maximum Gasteiger partial charge on any atom is 4.00 e. The zero-order chi connectivity index (χ0) is 18.0. The Kier molecular flexibility index (Phi) is 29.8. The predicted molar refractivity (Wildman–Crippen MR) is 39.3 cm³/mol. The van der Waals surface area contributed by atoms with Crippen LogP contribution in [0.5, 0.6) is 0 Å².